The van der Waals surface area contributed by atoms with Gasteiger partial charge in [0.1, 0.15) is 0 Å². The molecule has 1 N–H and O–H groups in total. The van der Waals surface area contributed by atoms with Crippen LogP contribution in [0.25, 0.3) is 11.5 Å². The van der Waals surface area contributed by atoms with Crippen LogP contribution < -0.4 is 5.32 Å². The molecule has 0 spiro atoms. The lowest BCUT2D eigenvalue weighted by Gasteiger charge is -2.01. The van der Waals surface area contributed by atoms with Crippen molar-refractivity contribution < 1.29 is 4.52 Å². The van der Waals surface area contributed by atoms with Crippen molar-refractivity contribution in [2.45, 2.75) is 13.0 Å². The number of aromatic nitrogens is 3. The average molecular weight is 204 g/mol. The summed E-state index contributed by atoms with van der Waals surface area (Å²) in [4.78, 5) is 8.26. The van der Waals surface area contributed by atoms with Crippen molar-refractivity contribution in [1.29, 1.82) is 0 Å². The van der Waals surface area contributed by atoms with Gasteiger partial charge in [0, 0.05) is 12.4 Å². The molecule has 5 heteroatoms. The predicted octanol–water partition coefficient (Wildman–Crippen LogP) is 1.41. The molecule has 1 unspecified atom stereocenters. The second-order valence-electron chi connectivity index (χ2n) is 3.21. The van der Waals surface area contributed by atoms with Gasteiger partial charge in [0.15, 0.2) is 5.82 Å². The Kier molecular flexibility index (Phi) is 2.73. The molecule has 5 nitrogen and oxygen atoms in total. The van der Waals surface area contributed by atoms with E-state index in [0.29, 0.717) is 11.7 Å². The van der Waals surface area contributed by atoms with Gasteiger partial charge in [0.25, 0.3) is 5.89 Å². The van der Waals surface area contributed by atoms with Crippen molar-refractivity contribution in [3.05, 3.63) is 30.4 Å². The van der Waals surface area contributed by atoms with Gasteiger partial charge in [-0.05, 0) is 26.1 Å². The summed E-state index contributed by atoms with van der Waals surface area (Å²) < 4.78 is 5.13. The monoisotopic (exact) mass is 204 g/mol. The molecule has 0 saturated heterocycles. The molecule has 2 aromatic heterocycles. The number of rotatable bonds is 3. The Bertz CT molecular complexity index is 426. The largest absolute Gasteiger partial charge is 0.334 e. The summed E-state index contributed by atoms with van der Waals surface area (Å²) >= 11 is 0. The first kappa shape index (κ1) is 9.79. The molecular formula is C10H12N4O. The van der Waals surface area contributed by atoms with Crippen LogP contribution in [0.2, 0.25) is 0 Å². The van der Waals surface area contributed by atoms with Crippen LogP contribution in [0.3, 0.4) is 0 Å². The molecule has 0 amide bonds. The van der Waals surface area contributed by atoms with E-state index < -0.39 is 0 Å². The molecule has 0 fully saturated rings. The molecule has 1 atom stereocenters. The lowest BCUT2D eigenvalue weighted by atomic mass is 10.3. The summed E-state index contributed by atoms with van der Waals surface area (Å²) in [6, 6.07) is 3.80. The predicted molar refractivity (Wildman–Crippen MR) is 55.0 cm³/mol. The van der Waals surface area contributed by atoms with Crippen molar-refractivity contribution in [2.75, 3.05) is 7.05 Å². The summed E-state index contributed by atoms with van der Waals surface area (Å²) in [5.74, 6) is 1.15. The fourth-order valence-electron chi connectivity index (χ4n) is 1.15. The van der Waals surface area contributed by atoms with E-state index in [9.17, 15) is 0 Å². The Morgan fingerprint density at radius 2 is 2.33 bits per heavy atom. The van der Waals surface area contributed by atoms with Crippen LogP contribution in [0.4, 0.5) is 0 Å². The highest BCUT2D eigenvalue weighted by Crippen LogP contribution is 2.17. The number of nitrogens with one attached hydrogen (secondary N) is 1. The van der Waals surface area contributed by atoms with Crippen molar-refractivity contribution in [2.24, 2.45) is 0 Å². The summed E-state index contributed by atoms with van der Waals surface area (Å²) in [5, 5.41) is 6.93. The minimum atomic E-state index is 0.0826. The van der Waals surface area contributed by atoms with Gasteiger partial charge in [-0.15, -0.1) is 0 Å². The lowest BCUT2D eigenvalue weighted by molar-refractivity contribution is 0.413. The van der Waals surface area contributed by atoms with Gasteiger partial charge in [-0.1, -0.05) is 5.16 Å². The van der Waals surface area contributed by atoms with Crippen molar-refractivity contribution in [1.82, 2.24) is 20.4 Å². The topological polar surface area (TPSA) is 63.8 Å². The summed E-state index contributed by atoms with van der Waals surface area (Å²) in [6.07, 6.45) is 3.40. The maximum absolute atomic E-state index is 5.13. The highest BCUT2D eigenvalue weighted by molar-refractivity contribution is 5.50. The van der Waals surface area contributed by atoms with E-state index in [-0.39, 0.29) is 6.04 Å². The Hall–Kier alpha value is -1.75. The van der Waals surface area contributed by atoms with Gasteiger partial charge in [-0.2, -0.15) is 4.98 Å². The van der Waals surface area contributed by atoms with Crippen LogP contribution in [0.1, 0.15) is 18.8 Å². The smallest absolute Gasteiger partial charge is 0.259 e. The molecule has 0 bridgehead atoms. The first-order valence-electron chi connectivity index (χ1n) is 4.72. The van der Waals surface area contributed by atoms with Gasteiger partial charge >= 0.3 is 0 Å². The lowest BCUT2D eigenvalue weighted by Crippen LogP contribution is -2.13. The number of pyridine rings is 1. The molecule has 0 aliphatic rings. The molecule has 2 heterocycles. The molecule has 0 aromatic carbocycles. The maximum Gasteiger partial charge on any atom is 0.259 e. The van der Waals surface area contributed by atoms with Crippen LogP contribution in [0.5, 0.6) is 0 Å². The van der Waals surface area contributed by atoms with E-state index >= 15 is 0 Å². The van der Waals surface area contributed by atoms with Crippen molar-refractivity contribution in [3.8, 4) is 11.5 Å². The minimum absolute atomic E-state index is 0.0826. The third-order valence-corrected chi connectivity index (χ3v) is 2.17. The number of nitrogens with zero attached hydrogens (tertiary/aromatic N) is 3. The third-order valence-electron chi connectivity index (χ3n) is 2.17. The number of hydrogen-bond donors (Lipinski definition) is 1. The average Bonchev–Trinajstić information content (AvgIpc) is 2.78. The van der Waals surface area contributed by atoms with E-state index in [0.717, 1.165) is 5.56 Å². The van der Waals surface area contributed by atoms with Gasteiger partial charge in [-0.25, -0.2) is 0 Å². The maximum atomic E-state index is 5.13. The molecule has 2 aromatic rings. The SMILES string of the molecule is CNC(C)c1noc(-c2cccnc2)n1. The van der Waals surface area contributed by atoms with Gasteiger partial charge < -0.3 is 9.84 Å². The highest BCUT2D eigenvalue weighted by atomic mass is 16.5. The molecule has 78 valence electrons. The molecular weight excluding hydrogens is 192 g/mol. The van der Waals surface area contributed by atoms with Crippen LogP contribution in [0.15, 0.2) is 29.0 Å². The van der Waals surface area contributed by atoms with E-state index in [1.54, 1.807) is 12.4 Å². The minimum Gasteiger partial charge on any atom is -0.334 e. The Labute approximate surface area is 87.5 Å². The molecule has 0 radical (unpaired) electrons. The fraction of sp³-hybridized carbons (Fsp3) is 0.300. The Balaban J connectivity index is 2.28. The Morgan fingerprint density at radius 1 is 1.47 bits per heavy atom. The summed E-state index contributed by atoms with van der Waals surface area (Å²) in [7, 11) is 1.85. The standard InChI is InChI=1S/C10H12N4O/c1-7(11-2)9-13-10(15-14-9)8-4-3-5-12-6-8/h3-7,11H,1-2H3. The van der Waals surface area contributed by atoms with E-state index in [2.05, 4.69) is 20.4 Å². The van der Waals surface area contributed by atoms with Crippen LogP contribution >= 0.6 is 0 Å². The van der Waals surface area contributed by atoms with Crippen LogP contribution in [-0.4, -0.2) is 22.2 Å². The first-order valence-corrected chi connectivity index (χ1v) is 4.72. The zero-order valence-corrected chi connectivity index (χ0v) is 8.64. The van der Waals surface area contributed by atoms with E-state index in [4.69, 9.17) is 4.52 Å². The first-order chi connectivity index (χ1) is 7.31. The molecule has 0 aliphatic heterocycles. The molecule has 15 heavy (non-hydrogen) atoms. The quantitative estimate of drug-likeness (QED) is 0.819. The van der Waals surface area contributed by atoms with E-state index in [1.807, 2.05) is 26.1 Å². The molecule has 2 rings (SSSR count). The molecule has 0 saturated carbocycles. The Morgan fingerprint density at radius 3 is 3.00 bits per heavy atom. The van der Waals surface area contributed by atoms with Crippen LogP contribution in [-0.2, 0) is 0 Å². The zero-order chi connectivity index (χ0) is 10.7. The van der Waals surface area contributed by atoms with Crippen LogP contribution in [0, 0.1) is 0 Å². The van der Waals surface area contributed by atoms with E-state index in [1.165, 1.54) is 0 Å². The van der Waals surface area contributed by atoms with Gasteiger partial charge in [0.05, 0.1) is 11.6 Å². The second kappa shape index (κ2) is 4.18. The number of hydrogen-bond acceptors (Lipinski definition) is 5. The third kappa shape index (κ3) is 2.02. The fourth-order valence-corrected chi connectivity index (χ4v) is 1.15. The van der Waals surface area contributed by atoms with Crippen molar-refractivity contribution in [3.63, 3.8) is 0 Å². The van der Waals surface area contributed by atoms with Gasteiger partial charge in [-0.3, -0.25) is 4.98 Å². The molecule has 0 aliphatic carbocycles. The highest BCUT2D eigenvalue weighted by Gasteiger charge is 2.12. The second-order valence-corrected chi connectivity index (χ2v) is 3.21. The summed E-state index contributed by atoms with van der Waals surface area (Å²) in [6.45, 7) is 1.97. The zero-order valence-electron chi connectivity index (χ0n) is 8.64. The van der Waals surface area contributed by atoms with Crippen molar-refractivity contribution >= 4 is 0 Å². The van der Waals surface area contributed by atoms with Gasteiger partial charge in [0.2, 0.25) is 0 Å². The summed E-state index contributed by atoms with van der Waals surface area (Å²) in [5.41, 5.74) is 0.833. The normalized spacial score (nSPS) is 12.7.